The summed E-state index contributed by atoms with van der Waals surface area (Å²) in [6.07, 6.45) is 21.3. The second-order valence-corrected chi connectivity index (χ2v) is 13.2. The zero-order valence-corrected chi connectivity index (χ0v) is 25.6. The molecule has 0 heterocycles. The van der Waals surface area contributed by atoms with Gasteiger partial charge in [-0.25, -0.2) is 9.59 Å². The van der Waals surface area contributed by atoms with Gasteiger partial charge in [0.1, 0.15) is 0 Å². The van der Waals surface area contributed by atoms with E-state index in [-0.39, 0.29) is 24.7 Å². The van der Waals surface area contributed by atoms with Crippen LogP contribution in [-0.4, -0.2) is 35.9 Å². The van der Waals surface area contributed by atoms with Gasteiger partial charge in [0.05, 0.1) is 24.4 Å². The molecule has 2 rings (SSSR count). The van der Waals surface area contributed by atoms with Crippen molar-refractivity contribution in [3.63, 3.8) is 0 Å². The van der Waals surface area contributed by atoms with Crippen LogP contribution in [-0.2, 0) is 19.1 Å². The minimum absolute atomic E-state index is 0.0239. The van der Waals surface area contributed by atoms with Crippen molar-refractivity contribution in [2.45, 2.75) is 136 Å². The Morgan fingerprint density at radius 2 is 1.26 bits per heavy atom. The molecule has 0 aromatic rings. The molecule has 0 aromatic carbocycles. The zero-order valence-electron chi connectivity index (χ0n) is 25.6. The summed E-state index contributed by atoms with van der Waals surface area (Å²) in [5.41, 5.74) is -0.946. The molecule has 2 saturated carbocycles. The first kappa shape index (κ1) is 33.6. The highest BCUT2D eigenvalue weighted by Gasteiger charge is 2.31. The molecule has 2 aliphatic carbocycles. The van der Waals surface area contributed by atoms with E-state index in [1.54, 1.807) is 6.92 Å². The lowest BCUT2D eigenvalue weighted by Crippen LogP contribution is -2.30. The van der Waals surface area contributed by atoms with E-state index in [1.165, 1.54) is 97.3 Å². The summed E-state index contributed by atoms with van der Waals surface area (Å²) < 4.78 is 10.8. The minimum Gasteiger partial charge on any atom is -0.462 e. The van der Waals surface area contributed by atoms with Crippen LogP contribution in [0.1, 0.15) is 130 Å². The third kappa shape index (κ3) is 12.6. The van der Waals surface area contributed by atoms with E-state index in [0.29, 0.717) is 5.57 Å². The number of carbonyl (C=O) groups excluding carboxylic acids is 2. The Balaban J connectivity index is 1.68. The third-order valence-corrected chi connectivity index (χ3v) is 9.37. The SMILES string of the molecule is C=C(C)C(=O)OCC(CCCCC1CCC(C2CCC(CCCCC)CC2)CC1)COC(=O)C(=C)C(C)(C)O. The molecule has 0 aliphatic heterocycles. The van der Waals surface area contributed by atoms with Crippen LogP contribution in [0.25, 0.3) is 0 Å². The zero-order chi connectivity index (χ0) is 28.8. The van der Waals surface area contributed by atoms with Gasteiger partial charge in [-0.2, -0.15) is 0 Å². The lowest BCUT2D eigenvalue weighted by molar-refractivity contribution is -0.145. The first-order chi connectivity index (χ1) is 18.5. The number of rotatable bonds is 17. The summed E-state index contributed by atoms with van der Waals surface area (Å²) in [7, 11) is 0. The van der Waals surface area contributed by atoms with Gasteiger partial charge in [-0.3, -0.25) is 0 Å². The van der Waals surface area contributed by atoms with Gasteiger partial charge < -0.3 is 14.6 Å². The van der Waals surface area contributed by atoms with Gasteiger partial charge in [-0.05, 0) is 76.5 Å². The summed E-state index contributed by atoms with van der Waals surface area (Å²) in [6, 6.07) is 0. The van der Waals surface area contributed by atoms with Crippen LogP contribution in [0.3, 0.4) is 0 Å². The van der Waals surface area contributed by atoms with Gasteiger partial charge in [-0.15, -0.1) is 0 Å². The molecule has 1 unspecified atom stereocenters. The molecule has 0 bridgehead atoms. The van der Waals surface area contributed by atoms with Crippen LogP contribution in [0.2, 0.25) is 0 Å². The molecular weight excluding hydrogens is 488 g/mol. The summed E-state index contributed by atoms with van der Waals surface area (Å²) in [4.78, 5) is 24.2. The van der Waals surface area contributed by atoms with Crippen LogP contribution in [0, 0.1) is 29.6 Å². The van der Waals surface area contributed by atoms with Crippen molar-refractivity contribution in [3.05, 3.63) is 24.3 Å². The van der Waals surface area contributed by atoms with Crippen molar-refractivity contribution in [1.82, 2.24) is 0 Å². The Hall–Kier alpha value is -1.62. The largest absolute Gasteiger partial charge is 0.462 e. The average molecular weight is 547 g/mol. The fourth-order valence-corrected chi connectivity index (χ4v) is 6.51. The number of unbranched alkanes of at least 4 members (excludes halogenated alkanes) is 3. The van der Waals surface area contributed by atoms with Gasteiger partial charge in [0, 0.05) is 11.5 Å². The molecule has 0 radical (unpaired) electrons. The van der Waals surface area contributed by atoms with Gasteiger partial charge in [0.25, 0.3) is 0 Å². The molecule has 224 valence electrons. The van der Waals surface area contributed by atoms with Crippen molar-refractivity contribution in [3.8, 4) is 0 Å². The van der Waals surface area contributed by atoms with Gasteiger partial charge >= 0.3 is 11.9 Å². The monoisotopic (exact) mass is 546 g/mol. The number of ether oxygens (including phenoxy) is 2. The van der Waals surface area contributed by atoms with E-state index < -0.39 is 17.5 Å². The number of aliphatic hydroxyl groups is 1. The topological polar surface area (TPSA) is 72.8 Å². The molecule has 2 fully saturated rings. The van der Waals surface area contributed by atoms with E-state index in [9.17, 15) is 14.7 Å². The molecule has 2 aliphatic rings. The van der Waals surface area contributed by atoms with E-state index in [4.69, 9.17) is 9.47 Å². The number of esters is 2. The minimum atomic E-state index is -1.33. The highest BCUT2D eigenvalue weighted by atomic mass is 16.5. The van der Waals surface area contributed by atoms with E-state index in [2.05, 4.69) is 20.1 Å². The molecule has 0 saturated heterocycles. The molecule has 0 aromatic heterocycles. The predicted octanol–water partition coefficient (Wildman–Crippen LogP) is 8.35. The number of hydrogen-bond acceptors (Lipinski definition) is 5. The van der Waals surface area contributed by atoms with Crippen molar-refractivity contribution in [1.29, 1.82) is 0 Å². The van der Waals surface area contributed by atoms with Crippen LogP contribution < -0.4 is 0 Å². The summed E-state index contributed by atoms with van der Waals surface area (Å²) in [5, 5.41) is 10.0. The van der Waals surface area contributed by atoms with Crippen LogP contribution >= 0.6 is 0 Å². The van der Waals surface area contributed by atoms with Crippen LogP contribution in [0.5, 0.6) is 0 Å². The van der Waals surface area contributed by atoms with Crippen molar-refractivity contribution >= 4 is 11.9 Å². The summed E-state index contributed by atoms with van der Waals surface area (Å²) >= 11 is 0. The van der Waals surface area contributed by atoms with E-state index in [0.717, 1.165) is 42.9 Å². The third-order valence-electron chi connectivity index (χ3n) is 9.37. The Labute approximate surface area is 239 Å². The maximum Gasteiger partial charge on any atom is 0.336 e. The lowest BCUT2D eigenvalue weighted by Gasteiger charge is -2.38. The molecule has 39 heavy (non-hydrogen) atoms. The highest BCUT2D eigenvalue weighted by Crippen LogP contribution is 2.43. The van der Waals surface area contributed by atoms with E-state index in [1.807, 2.05) is 0 Å². The molecule has 0 amide bonds. The highest BCUT2D eigenvalue weighted by molar-refractivity contribution is 5.89. The lowest BCUT2D eigenvalue weighted by atomic mass is 9.68. The first-order valence-electron chi connectivity index (χ1n) is 15.9. The maximum atomic E-state index is 12.3. The molecule has 0 spiro atoms. The van der Waals surface area contributed by atoms with Gasteiger partial charge in [-0.1, -0.05) is 90.7 Å². The molecule has 5 nitrogen and oxygen atoms in total. The normalized spacial score (nSPS) is 24.5. The fraction of sp³-hybridized carbons (Fsp3) is 0.824. The molecular formula is C34H58O5. The average Bonchev–Trinajstić information content (AvgIpc) is 2.91. The fourth-order valence-electron chi connectivity index (χ4n) is 6.51. The van der Waals surface area contributed by atoms with Crippen LogP contribution in [0.4, 0.5) is 0 Å². The second kappa shape index (κ2) is 17.3. The standard InChI is InChI=1S/C34H58O5/c1-7-8-9-12-27-15-19-30(20-16-27)31-21-17-28(18-22-31)13-10-11-14-29(23-38-32(35)25(2)3)24-39-33(36)26(4)34(5,6)37/h27-31,37H,2,4,7-24H2,1,3,5-6H3. The second-order valence-electron chi connectivity index (χ2n) is 13.2. The van der Waals surface area contributed by atoms with Crippen molar-refractivity contribution in [2.75, 3.05) is 13.2 Å². The number of carbonyl (C=O) groups is 2. The van der Waals surface area contributed by atoms with Crippen LogP contribution in [0.15, 0.2) is 24.3 Å². The first-order valence-corrected chi connectivity index (χ1v) is 15.9. The number of hydrogen-bond donors (Lipinski definition) is 1. The molecule has 1 atom stereocenters. The Morgan fingerprint density at radius 1 is 0.795 bits per heavy atom. The Morgan fingerprint density at radius 3 is 1.69 bits per heavy atom. The van der Waals surface area contributed by atoms with Gasteiger partial charge in [0.2, 0.25) is 0 Å². The van der Waals surface area contributed by atoms with Gasteiger partial charge in [0.15, 0.2) is 0 Å². The summed E-state index contributed by atoms with van der Waals surface area (Å²) in [5.74, 6) is 2.65. The summed E-state index contributed by atoms with van der Waals surface area (Å²) in [6.45, 7) is 14.6. The molecule has 5 heteroatoms. The van der Waals surface area contributed by atoms with Crippen molar-refractivity contribution in [2.24, 2.45) is 29.6 Å². The quantitative estimate of drug-likeness (QED) is 0.113. The smallest absolute Gasteiger partial charge is 0.336 e. The van der Waals surface area contributed by atoms with E-state index >= 15 is 0 Å². The predicted molar refractivity (Wildman–Crippen MR) is 159 cm³/mol. The molecule has 1 N–H and O–H groups in total. The Kier molecular flexibility index (Phi) is 14.9. The Bertz CT molecular complexity index is 763. The van der Waals surface area contributed by atoms with Crippen molar-refractivity contribution < 1.29 is 24.2 Å². The maximum absolute atomic E-state index is 12.3.